The highest BCUT2D eigenvalue weighted by Gasteiger charge is 2.50. The van der Waals surface area contributed by atoms with Crippen molar-refractivity contribution in [3.8, 4) is 0 Å². The Morgan fingerprint density at radius 1 is 1.59 bits per heavy atom. The highest BCUT2D eigenvalue weighted by molar-refractivity contribution is 7.10. The van der Waals surface area contributed by atoms with E-state index in [-0.39, 0.29) is 12.0 Å². The van der Waals surface area contributed by atoms with Crippen molar-refractivity contribution in [3.63, 3.8) is 0 Å². The van der Waals surface area contributed by atoms with Crippen molar-refractivity contribution in [1.29, 1.82) is 0 Å². The number of rotatable bonds is 3. The average Bonchev–Trinajstić information content (AvgIpc) is 3.03. The van der Waals surface area contributed by atoms with Gasteiger partial charge in [0.25, 0.3) is 0 Å². The number of carboxylic acids is 1. The first-order valence-corrected chi connectivity index (χ1v) is 7.10. The molecule has 3 nitrogen and oxygen atoms in total. The summed E-state index contributed by atoms with van der Waals surface area (Å²) in [6.45, 7) is 2.21. The maximum atomic E-state index is 11.2. The quantitative estimate of drug-likeness (QED) is 0.898. The van der Waals surface area contributed by atoms with Crippen LogP contribution in [0, 0.1) is 5.92 Å². The number of thiophene rings is 1. The number of fused-ring (bicyclic) bond motifs is 2. The van der Waals surface area contributed by atoms with Gasteiger partial charge >= 0.3 is 5.97 Å². The number of aliphatic carboxylic acids is 1. The van der Waals surface area contributed by atoms with Gasteiger partial charge in [-0.25, -0.2) is 0 Å². The zero-order valence-electron chi connectivity index (χ0n) is 9.87. The molecule has 2 aliphatic heterocycles. The molecule has 3 rings (SSSR count). The van der Waals surface area contributed by atoms with Crippen molar-refractivity contribution in [2.45, 2.75) is 44.3 Å². The Labute approximate surface area is 105 Å². The van der Waals surface area contributed by atoms with Crippen LogP contribution in [-0.2, 0) is 4.79 Å². The predicted molar refractivity (Wildman–Crippen MR) is 67.1 cm³/mol. The first kappa shape index (κ1) is 11.2. The Morgan fingerprint density at radius 2 is 2.41 bits per heavy atom. The summed E-state index contributed by atoms with van der Waals surface area (Å²) in [4.78, 5) is 15.0. The van der Waals surface area contributed by atoms with Crippen LogP contribution in [0.25, 0.3) is 0 Å². The van der Waals surface area contributed by atoms with E-state index in [0.717, 1.165) is 12.8 Å². The summed E-state index contributed by atoms with van der Waals surface area (Å²) in [6, 6.07) is 5.34. The van der Waals surface area contributed by atoms with Crippen molar-refractivity contribution in [3.05, 3.63) is 22.4 Å². The summed E-state index contributed by atoms with van der Waals surface area (Å²) < 4.78 is 0. The molecule has 3 heterocycles. The van der Waals surface area contributed by atoms with E-state index in [9.17, 15) is 9.90 Å². The molecule has 4 unspecified atom stereocenters. The van der Waals surface area contributed by atoms with Gasteiger partial charge in [0.15, 0.2) is 0 Å². The fourth-order valence-electron chi connectivity index (χ4n) is 3.58. The molecule has 17 heavy (non-hydrogen) atoms. The minimum atomic E-state index is -0.611. The molecule has 92 valence electrons. The summed E-state index contributed by atoms with van der Waals surface area (Å²) in [5.41, 5.74) is 0. The molecule has 2 saturated heterocycles. The van der Waals surface area contributed by atoms with Gasteiger partial charge in [0.05, 0.1) is 5.92 Å². The normalized spacial score (nSPS) is 34.1. The number of hydrogen-bond donors (Lipinski definition) is 1. The average molecular weight is 251 g/mol. The minimum Gasteiger partial charge on any atom is -0.481 e. The number of carboxylic acid groups (broad SMARTS) is 1. The molecule has 2 bridgehead atoms. The molecule has 1 aromatic rings. The third kappa shape index (κ3) is 1.70. The Kier molecular flexibility index (Phi) is 2.71. The molecule has 4 heteroatoms. The standard InChI is InChI=1S/C13H17NO2S/c1-8(12-3-2-6-17-12)14-9-4-5-11(14)10(7-9)13(15)16/h2-3,6,8-11H,4-5,7H2,1H3,(H,15,16). The van der Waals surface area contributed by atoms with Crippen molar-refractivity contribution < 1.29 is 9.90 Å². The molecule has 0 aromatic carbocycles. The molecular formula is C13H17NO2S. The third-order valence-corrected chi connectivity index (χ3v) is 5.35. The lowest BCUT2D eigenvalue weighted by atomic mass is 9.89. The van der Waals surface area contributed by atoms with E-state index < -0.39 is 5.97 Å². The molecule has 0 amide bonds. The SMILES string of the molecule is CC(c1cccs1)N1C2CCC1C(C(=O)O)C2. The van der Waals surface area contributed by atoms with E-state index in [0.29, 0.717) is 12.1 Å². The largest absolute Gasteiger partial charge is 0.481 e. The van der Waals surface area contributed by atoms with Gasteiger partial charge in [-0.15, -0.1) is 11.3 Å². The van der Waals surface area contributed by atoms with Gasteiger partial charge in [-0.2, -0.15) is 0 Å². The van der Waals surface area contributed by atoms with Gasteiger partial charge < -0.3 is 5.11 Å². The second-order valence-corrected chi connectivity index (χ2v) is 6.10. The fraction of sp³-hybridized carbons (Fsp3) is 0.615. The van der Waals surface area contributed by atoms with Crippen molar-refractivity contribution in [2.75, 3.05) is 0 Å². The number of hydrogen-bond acceptors (Lipinski definition) is 3. The molecule has 0 spiro atoms. The molecule has 1 aromatic heterocycles. The van der Waals surface area contributed by atoms with Crippen LogP contribution >= 0.6 is 11.3 Å². The monoisotopic (exact) mass is 251 g/mol. The summed E-state index contributed by atoms with van der Waals surface area (Å²) in [6.07, 6.45) is 3.07. The van der Waals surface area contributed by atoms with E-state index in [1.807, 2.05) is 0 Å². The zero-order valence-corrected chi connectivity index (χ0v) is 10.7. The van der Waals surface area contributed by atoms with Gasteiger partial charge in [-0.05, 0) is 37.6 Å². The van der Waals surface area contributed by atoms with Crippen LogP contribution in [0.4, 0.5) is 0 Å². The molecule has 0 saturated carbocycles. The maximum Gasteiger partial charge on any atom is 0.308 e. The van der Waals surface area contributed by atoms with Crippen molar-refractivity contribution >= 4 is 17.3 Å². The number of carbonyl (C=O) groups is 1. The lowest BCUT2D eigenvalue weighted by molar-refractivity contribution is -0.142. The third-order valence-electron chi connectivity index (χ3n) is 4.31. The predicted octanol–water partition coefficient (Wildman–Crippen LogP) is 2.75. The maximum absolute atomic E-state index is 11.2. The second-order valence-electron chi connectivity index (χ2n) is 5.12. The summed E-state index contributed by atoms with van der Waals surface area (Å²) >= 11 is 1.77. The first-order valence-electron chi connectivity index (χ1n) is 6.22. The smallest absolute Gasteiger partial charge is 0.308 e. The highest BCUT2D eigenvalue weighted by atomic mass is 32.1. The van der Waals surface area contributed by atoms with E-state index in [4.69, 9.17) is 0 Å². The topological polar surface area (TPSA) is 40.5 Å². The Bertz CT molecular complexity index is 417. The van der Waals surface area contributed by atoms with Crippen LogP contribution in [0.15, 0.2) is 17.5 Å². The molecule has 0 aliphatic carbocycles. The lowest BCUT2D eigenvalue weighted by Crippen LogP contribution is -2.34. The van der Waals surface area contributed by atoms with Crippen LogP contribution in [0.5, 0.6) is 0 Å². The van der Waals surface area contributed by atoms with Gasteiger partial charge in [0, 0.05) is 23.0 Å². The van der Waals surface area contributed by atoms with Crippen molar-refractivity contribution in [1.82, 2.24) is 4.90 Å². The van der Waals surface area contributed by atoms with Crippen LogP contribution < -0.4 is 0 Å². The molecule has 2 fully saturated rings. The van der Waals surface area contributed by atoms with E-state index in [2.05, 4.69) is 29.3 Å². The van der Waals surface area contributed by atoms with E-state index >= 15 is 0 Å². The van der Waals surface area contributed by atoms with Gasteiger partial charge in [-0.3, -0.25) is 9.69 Å². The summed E-state index contributed by atoms with van der Waals surface area (Å²) in [5.74, 6) is -0.753. The molecule has 1 N–H and O–H groups in total. The van der Waals surface area contributed by atoms with Crippen molar-refractivity contribution in [2.24, 2.45) is 5.92 Å². The van der Waals surface area contributed by atoms with Crippen LogP contribution in [0.1, 0.15) is 37.1 Å². The van der Waals surface area contributed by atoms with Gasteiger partial charge in [0.2, 0.25) is 0 Å². The molecular weight excluding hydrogens is 234 g/mol. The Balaban J connectivity index is 1.83. The second kappa shape index (κ2) is 4.10. The van der Waals surface area contributed by atoms with Gasteiger partial charge in [0.1, 0.15) is 0 Å². The highest BCUT2D eigenvalue weighted by Crippen LogP contribution is 2.46. The fourth-order valence-corrected chi connectivity index (χ4v) is 4.37. The number of nitrogens with zero attached hydrogens (tertiary/aromatic N) is 1. The molecule has 4 atom stereocenters. The Hall–Kier alpha value is -0.870. The Morgan fingerprint density at radius 3 is 3.00 bits per heavy atom. The molecule has 2 aliphatic rings. The molecule has 0 radical (unpaired) electrons. The van der Waals surface area contributed by atoms with Crippen LogP contribution in [0.2, 0.25) is 0 Å². The lowest BCUT2D eigenvalue weighted by Gasteiger charge is -2.29. The zero-order chi connectivity index (χ0) is 12.0. The summed E-state index contributed by atoms with van der Waals surface area (Å²) in [7, 11) is 0. The summed E-state index contributed by atoms with van der Waals surface area (Å²) in [5, 5.41) is 11.3. The first-order chi connectivity index (χ1) is 8.18. The van der Waals surface area contributed by atoms with E-state index in [1.165, 1.54) is 11.3 Å². The van der Waals surface area contributed by atoms with E-state index in [1.54, 1.807) is 11.3 Å². The van der Waals surface area contributed by atoms with Crippen LogP contribution in [-0.4, -0.2) is 28.1 Å². The van der Waals surface area contributed by atoms with Gasteiger partial charge in [-0.1, -0.05) is 6.07 Å². The minimum absolute atomic E-state index is 0.142. The van der Waals surface area contributed by atoms with Crippen LogP contribution in [0.3, 0.4) is 0 Å².